The zero-order valence-electron chi connectivity index (χ0n) is 21.4. The van der Waals surface area contributed by atoms with Crippen molar-refractivity contribution in [1.82, 2.24) is 15.0 Å². The minimum atomic E-state index is -1.05. The van der Waals surface area contributed by atoms with Crippen molar-refractivity contribution in [3.8, 4) is 16.9 Å². The van der Waals surface area contributed by atoms with E-state index in [1.54, 1.807) is 36.6 Å². The molecular weight excluding hydrogens is 482 g/mol. The molecule has 1 aliphatic rings. The Kier molecular flexibility index (Phi) is 6.74. The van der Waals surface area contributed by atoms with Gasteiger partial charge in [0.25, 0.3) is 5.91 Å². The SMILES string of the molecule is CCN1c2ncc(CCOc3ccc(-c4ccc(C(=O)O)nc4)cc3C)cc2C(=O)N(C)c2cccnc21. The lowest BCUT2D eigenvalue weighted by molar-refractivity contribution is 0.0690. The van der Waals surface area contributed by atoms with Crippen LogP contribution in [0.2, 0.25) is 0 Å². The van der Waals surface area contributed by atoms with Crippen molar-refractivity contribution in [2.24, 2.45) is 0 Å². The summed E-state index contributed by atoms with van der Waals surface area (Å²) in [5.74, 6) is 0.880. The number of ether oxygens (including phenoxy) is 1. The van der Waals surface area contributed by atoms with E-state index in [0.717, 1.165) is 33.7 Å². The van der Waals surface area contributed by atoms with Gasteiger partial charge in [-0.05, 0) is 66.9 Å². The molecule has 4 heterocycles. The first kappa shape index (κ1) is 24.9. The van der Waals surface area contributed by atoms with Gasteiger partial charge < -0.3 is 19.6 Å². The van der Waals surface area contributed by atoms with Gasteiger partial charge in [-0.2, -0.15) is 0 Å². The van der Waals surface area contributed by atoms with Crippen LogP contribution in [0.3, 0.4) is 0 Å². The quantitative estimate of drug-likeness (QED) is 0.374. The van der Waals surface area contributed by atoms with E-state index in [4.69, 9.17) is 9.84 Å². The summed E-state index contributed by atoms with van der Waals surface area (Å²) in [6, 6.07) is 14.6. The van der Waals surface area contributed by atoms with Gasteiger partial charge in [-0.1, -0.05) is 12.1 Å². The summed E-state index contributed by atoms with van der Waals surface area (Å²) in [5.41, 5.74) is 4.89. The summed E-state index contributed by atoms with van der Waals surface area (Å²) < 4.78 is 6.05. The first-order chi connectivity index (χ1) is 18.4. The van der Waals surface area contributed by atoms with Gasteiger partial charge in [-0.15, -0.1) is 0 Å². The van der Waals surface area contributed by atoms with E-state index in [2.05, 4.69) is 15.0 Å². The highest BCUT2D eigenvalue weighted by Crippen LogP contribution is 2.37. The van der Waals surface area contributed by atoms with E-state index in [9.17, 15) is 9.59 Å². The summed E-state index contributed by atoms with van der Waals surface area (Å²) in [5, 5.41) is 9.04. The number of fused-ring (bicyclic) bond motifs is 2. The number of aromatic nitrogens is 3. The van der Waals surface area contributed by atoms with Crippen molar-refractivity contribution in [3.63, 3.8) is 0 Å². The zero-order chi connectivity index (χ0) is 26.8. The summed E-state index contributed by atoms with van der Waals surface area (Å²) in [4.78, 5) is 41.1. The largest absolute Gasteiger partial charge is 0.493 e. The Hall–Kier alpha value is -4.79. The molecule has 0 spiro atoms. The van der Waals surface area contributed by atoms with Gasteiger partial charge in [0, 0.05) is 44.2 Å². The number of rotatable bonds is 7. The van der Waals surface area contributed by atoms with Crippen molar-refractivity contribution in [1.29, 1.82) is 0 Å². The van der Waals surface area contributed by atoms with Crippen molar-refractivity contribution in [3.05, 3.63) is 89.5 Å². The molecule has 0 fully saturated rings. The molecule has 5 rings (SSSR count). The predicted octanol–water partition coefficient (Wildman–Crippen LogP) is 4.91. The van der Waals surface area contributed by atoms with E-state index >= 15 is 0 Å². The second-order valence-electron chi connectivity index (χ2n) is 8.99. The van der Waals surface area contributed by atoms with Gasteiger partial charge in [0.2, 0.25) is 0 Å². The highest BCUT2D eigenvalue weighted by atomic mass is 16.5. The van der Waals surface area contributed by atoms with Crippen LogP contribution in [-0.4, -0.2) is 52.1 Å². The Morgan fingerprint density at radius 3 is 2.53 bits per heavy atom. The van der Waals surface area contributed by atoms with E-state index in [-0.39, 0.29) is 11.6 Å². The summed E-state index contributed by atoms with van der Waals surface area (Å²) in [6.07, 6.45) is 5.64. The number of carbonyl (C=O) groups excluding carboxylic acids is 1. The Bertz CT molecular complexity index is 1520. The maximum atomic E-state index is 13.3. The van der Waals surface area contributed by atoms with Crippen LogP contribution in [0.4, 0.5) is 17.3 Å². The number of carboxylic acid groups (broad SMARTS) is 1. The van der Waals surface area contributed by atoms with Gasteiger partial charge in [0.05, 0.1) is 17.9 Å². The molecule has 192 valence electrons. The number of aryl methyl sites for hydroxylation is 1. The van der Waals surface area contributed by atoms with Crippen LogP contribution in [0.5, 0.6) is 5.75 Å². The van der Waals surface area contributed by atoms with Crippen LogP contribution in [-0.2, 0) is 6.42 Å². The number of carbonyl (C=O) groups is 2. The van der Waals surface area contributed by atoms with Crippen LogP contribution in [0.1, 0.15) is 38.9 Å². The van der Waals surface area contributed by atoms with Crippen molar-refractivity contribution < 1.29 is 19.4 Å². The second kappa shape index (κ2) is 10.3. The summed E-state index contributed by atoms with van der Waals surface area (Å²) in [7, 11) is 1.75. The molecule has 1 amide bonds. The number of amides is 1. The number of benzene rings is 1. The normalized spacial score (nSPS) is 12.6. The molecule has 1 aromatic carbocycles. The molecule has 38 heavy (non-hydrogen) atoms. The van der Waals surface area contributed by atoms with Gasteiger partial charge in [-0.3, -0.25) is 4.79 Å². The average Bonchev–Trinajstić information content (AvgIpc) is 3.02. The monoisotopic (exact) mass is 509 g/mol. The third-order valence-corrected chi connectivity index (χ3v) is 6.55. The lowest BCUT2D eigenvalue weighted by Gasteiger charge is -2.22. The molecule has 0 aliphatic carbocycles. The van der Waals surface area contributed by atoms with Crippen LogP contribution in [0.15, 0.2) is 67.1 Å². The van der Waals surface area contributed by atoms with Gasteiger partial charge in [-0.25, -0.2) is 19.7 Å². The first-order valence-corrected chi connectivity index (χ1v) is 12.3. The molecule has 0 unspecified atom stereocenters. The standard InChI is InChI=1S/C29H27N5O4/c1-4-34-26-22(28(35)33(3)24-6-5-12-30-27(24)34)15-19(16-32-26)11-13-38-25-10-8-20(14-18(25)2)21-7-9-23(29(36)37)31-17-21/h5-10,12,14-17H,4,11,13H2,1-3H3,(H,36,37). The molecule has 0 saturated heterocycles. The van der Waals surface area contributed by atoms with Gasteiger partial charge >= 0.3 is 5.97 Å². The second-order valence-corrected chi connectivity index (χ2v) is 8.99. The number of aromatic carboxylic acids is 1. The Morgan fingerprint density at radius 1 is 1.00 bits per heavy atom. The van der Waals surface area contributed by atoms with E-state index in [0.29, 0.717) is 36.8 Å². The fourth-order valence-corrected chi connectivity index (χ4v) is 4.52. The fraction of sp³-hybridized carbons (Fsp3) is 0.207. The van der Waals surface area contributed by atoms with Crippen LogP contribution >= 0.6 is 0 Å². The molecule has 9 heteroatoms. The Morgan fingerprint density at radius 2 is 1.82 bits per heavy atom. The number of hydrogen-bond acceptors (Lipinski definition) is 7. The van der Waals surface area contributed by atoms with Crippen LogP contribution in [0, 0.1) is 6.92 Å². The van der Waals surface area contributed by atoms with E-state index < -0.39 is 5.97 Å². The molecule has 3 aromatic heterocycles. The minimum absolute atomic E-state index is 0.00895. The summed E-state index contributed by atoms with van der Waals surface area (Å²) in [6.45, 7) is 5.01. The summed E-state index contributed by atoms with van der Waals surface area (Å²) >= 11 is 0. The highest BCUT2D eigenvalue weighted by Gasteiger charge is 2.30. The zero-order valence-corrected chi connectivity index (χ0v) is 21.4. The number of pyridine rings is 3. The molecule has 0 radical (unpaired) electrons. The topological polar surface area (TPSA) is 109 Å². The third-order valence-electron chi connectivity index (χ3n) is 6.55. The molecule has 1 N–H and O–H groups in total. The predicted molar refractivity (Wildman–Crippen MR) is 144 cm³/mol. The van der Waals surface area contributed by atoms with E-state index in [1.807, 2.05) is 55.1 Å². The molecule has 9 nitrogen and oxygen atoms in total. The van der Waals surface area contributed by atoms with Crippen molar-refractivity contribution >= 4 is 29.2 Å². The molecule has 4 aromatic rings. The number of carboxylic acids is 1. The fourth-order valence-electron chi connectivity index (χ4n) is 4.52. The molecule has 1 aliphatic heterocycles. The Balaban J connectivity index is 1.30. The number of nitrogens with zero attached hydrogens (tertiary/aromatic N) is 5. The molecular formula is C29H27N5O4. The van der Waals surface area contributed by atoms with Gasteiger partial charge in [0.15, 0.2) is 5.82 Å². The van der Waals surface area contributed by atoms with E-state index in [1.165, 1.54) is 6.07 Å². The Labute approximate surface area is 220 Å². The number of hydrogen-bond donors (Lipinski definition) is 1. The number of anilines is 3. The lowest BCUT2D eigenvalue weighted by Crippen LogP contribution is -2.25. The maximum absolute atomic E-state index is 13.3. The first-order valence-electron chi connectivity index (χ1n) is 12.3. The smallest absolute Gasteiger partial charge is 0.354 e. The maximum Gasteiger partial charge on any atom is 0.354 e. The molecule has 0 saturated carbocycles. The molecule has 0 atom stereocenters. The lowest BCUT2D eigenvalue weighted by atomic mass is 10.0. The van der Waals surface area contributed by atoms with Crippen molar-refractivity contribution in [2.75, 3.05) is 30.0 Å². The molecule has 0 bridgehead atoms. The minimum Gasteiger partial charge on any atom is -0.493 e. The highest BCUT2D eigenvalue weighted by molar-refractivity contribution is 6.12. The van der Waals surface area contributed by atoms with Gasteiger partial charge in [0.1, 0.15) is 17.3 Å². The average molecular weight is 510 g/mol. The third kappa shape index (κ3) is 4.66. The van der Waals surface area contributed by atoms with Crippen molar-refractivity contribution in [2.45, 2.75) is 20.3 Å². The van der Waals surface area contributed by atoms with Crippen LogP contribution in [0.25, 0.3) is 11.1 Å². The van der Waals surface area contributed by atoms with Crippen LogP contribution < -0.4 is 14.5 Å².